The Hall–Kier alpha value is -3.32. The molecule has 1 saturated heterocycles. The quantitative estimate of drug-likeness (QED) is 0.602. The molecule has 7 heteroatoms. The number of aryl methyl sites for hydroxylation is 2. The predicted molar refractivity (Wildman–Crippen MR) is 125 cm³/mol. The van der Waals surface area contributed by atoms with Crippen molar-refractivity contribution in [2.24, 2.45) is 0 Å². The summed E-state index contributed by atoms with van der Waals surface area (Å²) in [5, 5.41) is 3.91. The lowest BCUT2D eigenvalue weighted by molar-refractivity contribution is 0.0818. The van der Waals surface area contributed by atoms with E-state index in [4.69, 9.17) is 9.47 Å². The summed E-state index contributed by atoms with van der Waals surface area (Å²) in [5.74, 6) is 0.576. The molecule has 1 aliphatic rings. The van der Waals surface area contributed by atoms with Crippen LogP contribution in [-0.4, -0.2) is 42.3 Å². The average molecular weight is 436 g/mol. The number of hydrogen-bond acceptors (Lipinski definition) is 4. The molecule has 1 atom stereocenters. The van der Waals surface area contributed by atoms with Crippen molar-refractivity contribution in [3.8, 4) is 5.75 Å². The third-order valence-electron chi connectivity index (χ3n) is 5.97. The molecular formula is C25H29N3O4. The second kappa shape index (κ2) is 9.44. The third kappa shape index (κ3) is 4.62. The first kappa shape index (κ1) is 21.9. The topological polar surface area (TPSA) is 83.7 Å². The lowest BCUT2D eigenvalue weighted by Gasteiger charge is -2.26. The van der Waals surface area contributed by atoms with Crippen LogP contribution in [0, 0.1) is 13.8 Å². The highest BCUT2D eigenvalue weighted by Gasteiger charge is 2.24. The van der Waals surface area contributed by atoms with Gasteiger partial charge in [0.1, 0.15) is 5.75 Å². The van der Waals surface area contributed by atoms with Gasteiger partial charge in [0.25, 0.3) is 5.56 Å². The summed E-state index contributed by atoms with van der Waals surface area (Å²) < 4.78 is 11.1. The standard InChI is InChI=1S/C25H29N3O4/c1-16-10-11-17(2)23-20(16)13-18(24(29)27-23)14-28(15-19-7-6-12-32-19)25(30)26-21-8-4-5-9-22(21)31-3/h4-5,8-11,13,19H,6-7,12,14-15H2,1-3H3,(H,26,30)(H,27,29)/t19-/m1/s1. The Kier molecular flexibility index (Phi) is 6.46. The highest BCUT2D eigenvalue weighted by Crippen LogP contribution is 2.25. The van der Waals surface area contributed by atoms with Gasteiger partial charge in [-0.05, 0) is 56.0 Å². The zero-order chi connectivity index (χ0) is 22.7. The Morgan fingerprint density at radius 1 is 1.22 bits per heavy atom. The number of fused-ring (bicyclic) bond motifs is 1. The second-order valence-corrected chi connectivity index (χ2v) is 8.26. The van der Waals surface area contributed by atoms with E-state index < -0.39 is 0 Å². The number of urea groups is 1. The van der Waals surface area contributed by atoms with Crippen LogP contribution in [0.3, 0.4) is 0 Å². The first-order chi connectivity index (χ1) is 15.5. The molecule has 2 amide bonds. The fraction of sp³-hybridized carbons (Fsp3) is 0.360. The number of nitrogens with one attached hydrogen (secondary N) is 2. The number of nitrogens with zero attached hydrogens (tertiary/aromatic N) is 1. The minimum absolute atomic E-state index is 0.0399. The van der Waals surface area contributed by atoms with Crippen LogP contribution in [0.5, 0.6) is 5.75 Å². The van der Waals surface area contributed by atoms with Gasteiger partial charge >= 0.3 is 6.03 Å². The average Bonchev–Trinajstić information content (AvgIpc) is 3.30. The first-order valence-corrected chi connectivity index (χ1v) is 10.9. The van der Waals surface area contributed by atoms with Gasteiger partial charge in [-0.25, -0.2) is 4.79 Å². The van der Waals surface area contributed by atoms with Crippen molar-refractivity contribution in [1.29, 1.82) is 0 Å². The summed E-state index contributed by atoms with van der Waals surface area (Å²) in [6.45, 7) is 5.27. The number of ether oxygens (including phenoxy) is 2. The molecule has 2 aromatic carbocycles. The molecule has 3 aromatic rings. The van der Waals surface area contributed by atoms with Crippen LogP contribution in [0.1, 0.15) is 29.5 Å². The molecule has 0 aliphatic carbocycles. The van der Waals surface area contributed by atoms with Gasteiger partial charge in [-0.15, -0.1) is 0 Å². The maximum Gasteiger partial charge on any atom is 0.322 e. The number of aromatic amines is 1. The van der Waals surface area contributed by atoms with Gasteiger partial charge in [-0.1, -0.05) is 24.3 Å². The highest BCUT2D eigenvalue weighted by molar-refractivity contribution is 5.91. The minimum atomic E-state index is -0.300. The molecule has 0 saturated carbocycles. The number of rotatable bonds is 6. The maximum atomic E-state index is 13.3. The second-order valence-electron chi connectivity index (χ2n) is 8.26. The van der Waals surface area contributed by atoms with Crippen LogP contribution < -0.4 is 15.6 Å². The summed E-state index contributed by atoms with van der Waals surface area (Å²) in [6.07, 6.45) is 1.83. The molecule has 1 aromatic heterocycles. The molecule has 32 heavy (non-hydrogen) atoms. The van der Waals surface area contributed by atoms with E-state index in [2.05, 4.69) is 10.3 Å². The maximum absolute atomic E-state index is 13.3. The number of carbonyl (C=O) groups is 1. The molecule has 2 heterocycles. The fourth-order valence-electron chi connectivity index (χ4n) is 4.14. The first-order valence-electron chi connectivity index (χ1n) is 10.9. The van der Waals surface area contributed by atoms with E-state index >= 15 is 0 Å². The van der Waals surface area contributed by atoms with Crippen LogP contribution in [0.25, 0.3) is 10.9 Å². The Labute approximate surface area is 187 Å². The molecule has 0 unspecified atom stereocenters. The van der Waals surface area contributed by atoms with Crippen LogP contribution in [0.2, 0.25) is 0 Å². The van der Waals surface area contributed by atoms with E-state index in [9.17, 15) is 9.59 Å². The number of para-hydroxylation sites is 2. The summed E-state index contributed by atoms with van der Waals surface area (Å²) in [5.41, 5.74) is 3.86. The number of amides is 2. The van der Waals surface area contributed by atoms with E-state index in [1.54, 1.807) is 24.1 Å². The van der Waals surface area contributed by atoms with Gasteiger partial charge in [0.2, 0.25) is 0 Å². The van der Waals surface area contributed by atoms with E-state index in [1.807, 2.05) is 44.2 Å². The van der Waals surface area contributed by atoms with Crippen molar-refractivity contribution in [1.82, 2.24) is 9.88 Å². The number of anilines is 1. The summed E-state index contributed by atoms with van der Waals surface area (Å²) >= 11 is 0. The summed E-state index contributed by atoms with van der Waals surface area (Å²) in [7, 11) is 1.56. The van der Waals surface area contributed by atoms with Crippen molar-refractivity contribution in [3.05, 3.63) is 69.5 Å². The summed E-state index contributed by atoms with van der Waals surface area (Å²) in [6, 6.07) is 12.9. The number of hydrogen-bond donors (Lipinski definition) is 2. The van der Waals surface area contributed by atoms with Gasteiger partial charge < -0.3 is 24.7 Å². The SMILES string of the molecule is COc1ccccc1NC(=O)N(Cc1cc2c(C)ccc(C)c2[nH]c1=O)C[C@H]1CCCO1. The monoisotopic (exact) mass is 435 g/mol. The molecule has 168 valence electrons. The van der Waals surface area contributed by atoms with Gasteiger partial charge in [-0.2, -0.15) is 0 Å². The number of pyridine rings is 1. The van der Waals surface area contributed by atoms with Crippen molar-refractivity contribution in [3.63, 3.8) is 0 Å². The Morgan fingerprint density at radius 3 is 2.75 bits per heavy atom. The number of aromatic nitrogens is 1. The summed E-state index contributed by atoms with van der Waals surface area (Å²) in [4.78, 5) is 30.8. The van der Waals surface area contributed by atoms with Gasteiger partial charge in [0.15, 0.2) is 0 Å². The molecule has 4 rings (SSSR count). The Bertz CT molecular complexity index is 1180. The van der Waals surface area contributed by atoms with E-state index in [-0.39, 0.29) is 24.2 Å². The van der Waals surface area contributed by atoms with Crippen LogP contribution in [0.15, 0.2) is 47.3 Å². The van der Waals surface area contributed by atoms with Gasteiger partial charge in [-0.3, -0.25) is 4.79 Å². The van der Waals surface area contributed by atoms with Gasteiger partial charge in [0, 0.05) is 24.1 Å². The molecule has 2 N–H and O–H groups in total. The van der Waals surface area contributed by atoms with Crippen molar-refractivity contribution < 1.29 is 14.3 Å². The molecule has 0 bridgehead atoms. The molecule has 7 nitrogen and oxygen atoms in total. The lowest BCUT2D eigenvalue weighted by atomic mass is 10.0. The van der Waals surface area contributed by atoms with Crippen LogP contribution in [-0.2, 0) is 11.3 Å². The highest BCUT2D eigenvalue weighted by atomic mass is 16.5. The minimum Gasteiger partial charge on any atom is -0.495 e. The normalized spacial score (nSPS) is 15.7. The molecule has 1 fully saturated rings. The Morgan fingerprint density at radius 2 is 2.00 bits per heavy atom. The van der Waals surface area contributed by atoms with Crippen molar-refractivity contribution in [2.75, 3.05) is 25.6 Å². The number of benzene rings is 2. The lowest BCUT2D eigenvalue weighted by Crippen LogP contribution is -2.40. The third-order valence-corrected chi connectivity index (χ3v) is 5.97. The smallest absolute Gasteiger partial charge is 0.322 e. The van der Waals surface area contributed by atoms with E-state index in [0.29, 0.717) is 30.2 Å². The van der Waals surface area contributed by atoms with E-state index in [0.717, 1.165) is 34.9 Å². The fourth-order valence-corrected chi connectivity index (χ4v) is 4.14. The zero-order valence-corrected chi connectivity index (χ0v) is 18.7. The molecule has 0 spiro atoms. The van der Waals surface area contributed by atoms with Crippen LogP contribution >= 0.6 is 0 Å². The van der Waals surface area contributed by atoms with Gasteiger partial charge in [0.05, 0.1) is 31.0 Å². The largest absolute Gasteiger partial charge is 0.495 e. The number of H-pyrrole nitrogens is 1. The zero-order valence-electron chi connectivity index (χ0n) is 18.7. The predicted octanol–water partition coefficient (Wildman–Crippen LogP) is 4.37. The molecular weight excluding hydrogens is 406 g/mol. The molecule has 0 radical (unpaired) electrons. The number of methoxy groups -OCH3 is 1. The Balaban J connectivity index is 1.65. The van der Waals surface area contributed by atoms with Crippen molar-refractivity contribution in [2.45, 2.75) is 39.3 Å². The number of carbonyl (C=O) groups excluding carboxylic acids is 1. The molecule has 1 aliphatic heterocycles. The van der Waals surface area contributed by atoms with E-state index in [1.165, 1.54) is 0 Å². The van der Waals surface area contributed by atoms with Crippen LogP contribution in [0.4, 0.5) is 10.5 Å². The van der Waals surface area contributed by atoms with Crippen molar-refractivity contribution >= 4 is 22.6 Å².